The Morgan fingerprint density at radius 2 is 1.21 bits per heavy atom. The van der Waals surface area contributed by atoms with Crippen LogP contribution in [0.2, 0.25) is 0 Å². The topological polar surface area (TPSA) is 87.7 Å². The predicted molar refractivity (Wildman–Crippen MR) is 210 cm³/mol. The number of hydrogen-bond acceptors (Lipinski definition) is 8. The van der Waals surface area contributed by atoms with Crippen LogP contribution in [0.3, 0.4) is 0 Å². The van der Waals surface area contributed by atoms with E-state index in [1.165, 1.54) is 0 Å². The van der Waals surface area contributed by atoms with Crippen LogP contribution >= 0.6 is 47.0 Å². The number of carbonyl (C=O) groups is 1. The van der Waals surface area contributed by atoms with Crippen molar-refractivity contribution in [3.8, 4) is 28.2 Å². The number of carboxylic acids is 1. The Hall–Kier alpha value is -1.08. The summed E-state index contributed by atoms with van der Waals surface area (Å²) in [4.78, 5) is 27.0. The summed E-state index contributed by atoms with van der Waals surface area (Å²) in [5.41, 5.74) is 2.88. The van der Waals surface area contributed by atoms with E-state index >= 15 is 0 Å². The fourth-order valence-electron chi connectivity index (χ4n) is 7.36. The molecule has 250 valence electrons. The molecule has 0 unspecified atom stereocenters. The molecule has 1 aliphatic carbocycles. The minimum atomic E-state index is -2.24. The van der Waals surface area contributed by atoms with Gasteiger partial charge in [0.05, 0.1) is 0 Å². The molecule has 0 spiro atoms. The van der Waals surface area contributed by atoms with Crippen molar-refractivity contribution in [2.24, 2.45) is 0 Å². The van der Waals surface area contributed by atoms with Crippen LogP contribution < -0.4 is 14.1 Å². The SMILES string of the molecule is CC1(C)SCCSC(C)(C)[As]1c1c2oc3c([As]4C(C)(C)SCCSC4(C)C)c(O)ccc3c(-c3ccccc3C(=O)O)c-2ccc1=O. The summed E-state index contributed by atoms with van der Waals surface area (Å²) in [6.07, 6.45) is 0. The van der Waals surface area contributed by atoms with Crippen LogP contribution in [-0.2, 0) is 0 Å². The molecule has 4 aliphatic rings. The average molecular weight is 833 g/mol. The van der Waals surface area contributed by atoms with E-state index in [4.69, 9.17) is 4.42 Å². The van der Waals surface area contributed by atoms with Crippen molar-refractivity contribution in [3.63, 3.8) is 0 Å². The van der Waals surface area contributed by atoms with Crippen molar-refractivity contribution in [2.75, 3.05) is 23.0 Å². The molecule has 0 atom stereocenters. The third-order valence-corrected chi connectivity index (χ3v) is 33.7. The summed E-state index contributed by atoms with van der Waals surface area (Å²) in [6, 6.07) is 14.3. The van der Waals surface area contributed by atoms with Crippen LogP contribution in [0, 0.1) is 0 Å². The number of hydrogen-bond donors (Lipinski definition) is 2. The number of phenols is 1. The van der Waals surface area contributed by atoms with E-state index in [1.807, 2.05) is 71.3 Å². The molecule has 0 saturated carbocycles. The van der Waals surface area contributed by atoms with E-state index < -0.39 is 35.3 Å². The molecular weight excluding hydrogens is 791 g/mol. The van der Waals surface area contributed by atoms with E-state index in [9.17, 15) is 19.8 Å². The fraction of sp³-hybridized carbons (Fsp3) is 0.444. The van der Waals surface area contributed by atoms with Gasteiger partial charge in [-0.15, -0.1) is 0 Å². The maximum atomic E-state index is 14.3. The molecule has 0 radical (unpaired) electrons. The average Bonchev–Trinajstić information content (AvgIpc) is 3.16. The summed E-state index contributed by atoms with van der Waals surface area (Å²) in [7, 11) is 0. The molecule has 2 aromatic carbocycles. The zero-order valence-electron chi connectivity index (χ0n) is 28.1. The molecule has 5 nitrogen and oxygen atoms in total. The van der Waals surface area contributed by atoms with Crippen LogP contribution in [-0.4, -0.2) is 82.6 Å². The first kappa shape index (κ1) is 35.7. The number of benzene rings is 3. The molecular formula is C36H42As2O5S4. The second-order valence-corrected chi connectivity index (χ2v) is 37.4. The van der Waals surface area contributed by atoms with Gasteiger partial charge in [-0.3, -0.25) is 0 Å². The maximum absolute atomic E-state index is 14.3. The third kappa shape index (κ3) is 6.38. The number of aromatic carboxylic acids is 1. The molecule has 2 fully saturated rings. The third-order valence-electron chi connectivity index (χ3n) is 8.96. The van der Waals surface area contributed by atoms with E-state index in [2.05, 4.69) is 55.4 Å². The van der Waals surface area contributed by atoms with Gasteiger partial charge in [0.15, 0.2) is 0 Å². The second kappa shape index (κ2) is 12.9. The number of carboxylic acid groups (broad SMARTS) is 1. The molecule has 0 bridgehead atoms. The molecule has 11 heteroatoms. The number of phenolic OH excluding ortho intramolecular Hbond substituents is 1. The first-order valence-electron chi connectivity index (χ1n) is 15.7. The Morgan fingerprint density at radius 1 is 0.702 bits per heavy atom. The van der Waals surface area contributed by atoms with Gasteiger partial charge in [0, 0.05) is 0 Å². The second-order valence-electron chi connectivity index (χ2n) is 13.8. The van der Waals surface area contributed by atoms with E-state index in [0.29, 0.717) is 16.9 Å². The van der Waals surface area contributed by atoms with Crippen LogP contribution in [0.15, 0.2) is 57.7 Å². The summed E-state index contributed by atoms with van der Waals surface area (Å²) < 4.78 is 8.40. The molecule has 3 heterocycles. The molecule has 3 aliphatic heterocycles. The van der Waals surface area contributed by atoms with Crippen molar-refractivity contribution in [1.29, 1.82) is 0 Å². The van der Waals surface area contributed by atoms with Crippen molar-refractivity contribution in [2.45, 2.75) is 69.5 Å². The standard InChI is InChI=1S/C36H42As2O5S4/c1-33(2)37(34(3,4)45-18-17-44-33)28-25(39)15-13-23-27(21-11-9-10-12-22(21)32(41)42)24-14-16-26(40)29(31(24)43-30(23)28)38-35(5,6)46-19-20-47-36(38,7)8/h9-16,39H,17-20H2,1-8H3,(H,41,42). The van der Waals surface area contributed by atoms with Crippen molar-refractivity contribution >= 4 is 102 Å². The Labute approximate surface area is 304 Å². The number of thioether (sulfide) groups is 4. The van der Waals surface area contributed by atoms with E-state index in [-0.39, 0.29) is 30.9 Å². The summed E-state index contributed by atoms with van der Waals surface area (Å²) >= 11 is 3.41. The van der Waals surface area contributed by atoms with Crippen LogP contribution in [0.1, 0.15) is 65.7 Å². The Kier molecular flexibility index (Phi) is 9.82. The van der Waals surface area contributed by atoms with Crippen LogP contribution in [0.4, 0.5) is 0 Å². The fourth-order valence-corrected chi connectivity index (χ4v) is 36.8. The van der Waals surface area contributed by atoms with Gasteiger partial charge in [0.1, 0.15) is 0 Å². The van der Waals surface area contributed by atoms with Crippen LogP contribution in [0.25, 0.3) is 33.4 Å². The zero-order valence-corrected chi connectivity index (χ0v) is 35.1. The molecule has 6 rings (SSSR count). The monoisotopic (exact) mass is 832 g/mol. The number of fused-ring (bicyclic) bond motifs is 2. The van der Waals surface area contributed by atoms with E-state index in [0.717, 1.165) is 48.2 Å². The minimum absolute atomic E-state index is 0.0110. The van der Waals surface area contributed by atoms with Crippen molar-refractivity contribution in [1.82, 2.24) is 0 Å². The molecule has 47 heavy (non-hydrogen) atoms. The normalized spacial score (nSPS) is 21.4. The number of aromatic hydroxyl groups is 1. The first-order valence-corrected chi connectivity index (χ1v) is 25.3. The molecule has 2 N–H and O–H groups in total. The van der Waals surface area contributed by atoms with Crippen LogP contribution in [0.5, 0.6) is 5.75 Å². The molecule has 2 saturated heterocycles. The Morgan fingerprint density at radius 3 is 1.74 bits per heavy atom. The van der Waals surface area contributed by atoms with Gasteiger partial charge in [0.2, 0.25) is 0 Å². The van der Waals surface area contributed by atoms with Crippen molar-refractivity contribution in [3.05, 3.63) is 64.3 Å². The summed E-state index contributed by atoms with van der Waals surface area (Å²) in [5.74, 6) is 3.89. The van der Waals surface area contributed by atoms with Gasteiger partial charge < -0.3 is 0 Å². The summed E-state index contributed by atoms with van der Waals surface area (Å²) in [5, 5.41) is 23.0. The molecule has 0 aromatic heterocycles. The summed E-state index contributed by atoms with van der Waals surface area (Å²) in [6.45, 7) is 18.4. The first-order chi connectivity index (χ1) is 22.0. The Bertz CT molecular complexity index is 1860. The van der Waals surface area contributed by atoms with Gasteiger partial charge >= 0.3 is 306 Å². The van der Waals surface area contributed by atoms with Gasteiger partial charge in [-0.2, -0.15) is 0 Å². The predicted octanol–water partition coefficient (Wildman–Crippen LogP) is 7.60. The molecule has 2 aromatic rings. The van der Waals surface area contributed by atoms with Gasteiger partial charge in [-0.1, -0.05) is 0 Å². The van der Waals surface area contributed by atoms with Gasteiger partial charge in [0.25, 0.3) is 0 Å². The van der Waals surface area contributed by atoms with Gasteiger partial charge in [-0.25, -0.2) is 0 Å². The quantitative estimate of drug-likeness (QED) is 0.160. The van der Waals surface area contributed by atoms with Crippen molar-refractivity contribution < 1.29 is 19.4 Å². The molecule has 0 amide bonds. The zero-order chi connectivity index (χ0) is 34.1. The number of rotatable bonds is 4. The van der Waals surface area contributed by atoms with E-state index in [1.54, 1.807) is 24.3 Å². The Balaban J connectivity index is 1.83. The van der Waals surface area contributed by atoms with Gasteiger partial charge in [-0.05, 0) is 0 Å².